The number of aryl methyl sites for hydroxylation is 2. The predicted octanol–water partition coefficient (Wildman–Crippen LogP) is 2.41. The number of hydrogen-bond acceptors (Lipinski definition) is 5. The molecule has 0 spiro atoms. The van der Waals surface area contributed by atoms with Gasteiger partial charge in [-0.2, -0.15) is 4.98 Å². The summed E-state index contributed by atoms with van der Waals surface area (Å²) in [5.74, 6) is 1.25. The average molecular weight is 337 g/mol. The molecule has 1 aliphatic rings. The lowest BCUT2D eigenvalue weighted by Gasteiger charge is -2.16. The van der Waals surface area contributed by atoms with Gasteiger partial charge in [-0.05, 0) is 37.6 Å². The maximum Gasteiger partial charge on any atom is 0.255 e. The van der Waals surface area contributed by atoms with Gasteiger partial charge in [-0.3, -0.25) is 9.78 Å². The van der Waals surface area contributed by atoms with E-state index in [0.717, 1.165) is 17.8 Å². The summed E-state index contributed by atoms with van der Waals surface area (Å²) in [6.07, 6.45) is 4.46. The van der Waals surface area contributed by atoms with Crippen molar-refractivity contribution >= 4 is 5.91 Å². The highest BCUT2D eigenvalue weighted by Crippen LogP contribution is 2.29. The van der Waals surface area contributed by atoms with Gasteiger partial charge in [-0.15, -0.1) is 0 Å². The van der Waals surface area contributed by atoms with Crippen LogP contribution in [0.4, 0.5) is 0 Å². The van der Waals surface area contributed by atoms with Crippen LogP contribution in [-0.2, 0) is 7.05 Å². The van der Waals surface area contributed by atoms with Gasteiger partial charge in [0, 0.05) is 38.2 Å². The van der Waals surface area contributed by atoms with Gasteiger partial charge in [-0.25, -0.2) is 0 Å². The van der Waals surface area contributed by atoms with Crippen LogP contribution < -0.4 is 0 Å². The monoisotopic (exact) mass is 337 g/mol. The van der Waals surface area contributed by atoms with Crippen LogP contribution in [0.1, 0.15) is 34.3 Å². The topological polar surface area (TPSA) is 77.1 Å². The first-order chi connectivity index (χ1) is 12.1. The normalized spacial score (nSPS) is 17.2. The van der Waals surface area contributed by atoms with Gasteiger partial charge in [0.15, 0.2) is 0 Å². The molecule has 1 amide bonds. The van der Waals surface area contributed by atoms with Crippen molar-refractivity contribution in [3.63, 3.8) is 0 Å². The van der Waals surface area contributed by atoms with E-state index in [2.05, 4.69) is 15.1 Å². The molecule has 0 saturated carbocycles. The molecular weight excluding hydrogens is 318 g/mol. The first kappa shape index (κ1) is 15.6. The van der Waals surface area contributed by atoms with Gasteiger partial charge >= 0.3 is 0 Å². The molecule has 4 heterocycles. The van der Waals surface area contributed by atoms with Crippen molar-refractivity contribution in [2.45, 2.75) is 19.3 Å². The number of amides is 1. The number of likely N-dealkylation sites (tertiary alicyclic amines) is 1. The third kappa shape index (κ3) is 2.82. The second-order valence-electron chi connectivity index (χ2n) is 6.33. The summed E-state index contributed by atoms with van der Waals surface area (Å²) in [6, 6.07) is 7.50. The Morgan fingerprint density at radius 2 is 2.20 bits per heavy atom. The van der Waals surface area contributed by atoms with Gasteiger partial charge in [0.25, 0.3) is 5.91 Å². The van der Waals surface area contributed by atoms with E-state index in [1.54, 1.807) is 12.3 Å². The fraction of sp³-hybridized carbons (Fsp3) is 0.333. The quantitative estimate of drug-likeness (QED) is 0.733. The minimum absolute atomic E-state index is 0.00951. The summed E-state index contributed by atoms with van der Waals surface area (Å²) >= 11 is 0. The predicted molar refractivity (Wildman–Crippen MR) is 90.9 cm³/mol. The molecule has 0 N–H and O–H groups in total. The minimum Gasteiger partial charge on any atom is -0.348 e. The van der Waals surface area contributed by atoms with E-state index in [-0.39, 0.29) is 11.8 Å². The number of carbonyl (C=O) groups is 1. The lowest BCUT2D eigenvalue weighted by atomic mass is 10.1. The zero-order chi connectivity index (χ0) is 17.4. The molecule has 0 aliphatic carbocycles. The maximum absolute atomic E-state index is 12.7. The minimum atomic E-state index is 0.00951. The van der Waals surface area contributed by atoms with Crippen molar-refractivity contribution in [3.8, 4) is 11.5 Å². The highest BCUT2D eigenvalue weighted by molar-refractivity contribution is 5.95. The summed E-state index contributed by atoms with van der Waals surface area (Å²) in [7, 11) is 1.94. The molecule has 3 aromatic heterocycles. The van der Waals surface area contributed by atoms with Crippen molar-refractivity contribution in [2.75, 3.05) is 13.1 Å². The molecule has 25 heavy (non-hydrogen) atoms. The van der Waals surface area contributed by atoms with E-state index in [9.17, 15) is 4.79 Å². The molecule has 1 unspecified atom stereocenters. The number of carbonyl (C=O) groups excluding carboxylic acids is 1. The van der Waals surface area contributed by atoms with Gasteiger partial charge in [-0.1, -0.05) is 5.16 Å². The Labute approximate surface area is 145 Å². The fourth-order valence-corrected chi connectivity index (χ4v) is 3.23. The molecule has 4 rings (SSSR count). The molecule has 0 radical (unpaired) electrons. The summed E-state index contributed by atoms with van der Waals surface area (Å²) in [6.45, 7) is 3.12. The number of nitrogens with zero attached hydrogens (tertiary/aromatic N) is 5. The number of aromatic nitrogens is 4. The van der Waals surface area contributed by atoms with Crippen LogP contribution >= 0.6 is 0 Å². The molecule has 1 atom stereocenters. The van der Waals surface area contributed by atoms with Crippen molar-refractivity contribution in [1.82, 2.24) is 24.6 Å². The molecule has 1 aliphatic heterocycles. The Morgan fingerprint density at radius 3 is 2.96 bits per heavy atom. The van der Waals surface area contributed by atoms with Crippen molar-refractivity contribution in [1.29, 1.82) is 0 Å². The molecule has 128 valence electrons. The zero-order valence-corrected chi connectivity index (χ0v) is 14.2. The van der Waals surface area contributed by atoms with Crippen LogP contribution in [0.3, 0.4) is 0 Å². The van der Waals surface area contributed by atoms with Crippen LogP contribution in [0, 0.1) is 6.92 Å². The van der Waals surface area contributed by atoms with Gasteiger partial charge in [0.05, 0.1) is 17.2 Å². The molecular formula is C18H19N5O2. The maximum atomic E-state index is 12.7. The summed E-state index contributed by atoms with van der Waals surface area (Å²) < 4.78 is 7.41. The highest BCUT2D eigenvalue weighted by Gasteiger charge is 2.32. The van der Waals surface area contributed by atoms with Crippen LogP contribution in [0.2, 0.25) is 0 Å². The summed E-state index contributed by atoms with van der Waals surface area (Å²) in [4.78, 5) is 23.3. The Kier molecular flexibility index (Phi) is 3.83. The molecule has 3 aromatic rings. The van der Waals surface area contributed by atoms with E-state index in [0.29, 0.717) is 30.4 Å². The third-order valence-electron chi connectivity index (χ3n) is 4.68. The van der Waals surface area contributed by atoms with E-state index >= 15 is 0 Å². The van der Waals surface area contributed by atoms with E-state index in [1.165, 1.54) is 0 Å². The molecule has 1 fully saturated rings. The van der Waals surface area contributed by atoms with Gasteiger partial charge < -0.3 is 14.0 Å². The lowest BCUT2D eigenvalue weighted by molar-refractivity contribution is 0.0788. The Morgan fingerprint density at radius 1 is 1.32 bits per heavy atom. The van der Waals surface area contributed by atoms with Crippen molar-refractivity contribution in [3.05, 3.63) is 53.8 Å². The summed E-state index contributed by atoms with van der Waals surface area (Å²) in [5.41, 5.74) is 2.31. The van der Waals surface area contributed by atoms with Gasteiger partial charge in [0.1, 0.15) is 0 Å². The number of hydrogen-bond donors (Lipinski definition) is 0. The Balaban J connectivity index is 1.50. The average Bonchev–Trinajstić information content (AvgIpc) is 3.34. The SMILES string of the molecule is Cc1ncccc1C(=O)N1CCC(c2nc(-c3cccn3C)no2)C1. The number of rotatable bonds is 3. The van der Waals surface area contributed by atoms with E-state index in [1.807, 2.05) is 47.8 Å². The second-order valence-corrected chi connectivity index (χ2v) is 6.33. The van der Waals surface area contributed by atoms with Crippen LogP contribution in [0.5, 0.6) is 0 Å². The largest absolute Gasteiger partial charge is 0.348 e. The van der Waals surface area contributed by atoms with E-state index < -0.39 is 0 Å². The smallest absolute Gasteiger partial charge is 0.255 e. The standard InChI is InChI=1S/C18H19N5O2/c1-12-14(5-3-8-19-12)18(24)23-10-7-13(11-23)17-20-16(21-25-17)15-6-4-9-22(15)2/h3-6,8-9,13H,7,10-11H2,1-2H3. The highest BCUT2D eigenvalue weighted by atomic mass is 16.5. The van der Waals surface area contributed by atoms with Crippen molar-refractivity contribution in [2.24, 2.45) is 7.05 Å². The molecule has 7 nitrogen and oxygen atoms in total. The summed E-state index contributed by atoms with van der Waals surface area (Å²) in [5, 5.41) is 4.09. The Bertz CT molecular complexity index is 914. The second kappa shape index (κ2) is 6.16. The van der Waals surface area contributed by atoms with Gasteiger partial charge in [0.2, 0.25) is 11.7 Å². The number of pyridine rings is 1. The first-order valence-electron chi connectivity index (χ1n) is 8.29. The Hall–Kier alpha value is -2.96. The molecule has 1 saturated heterocycles. The molecule has 0 bridgehead atoms. The molecule has 7 heteroatoms. The van der Waals surface area contributed by atoms with Crippen LogP contribution in [-0.4, -0.2) is 43.6 Å². The van der Waals surface area contributed by atoms with Crippen LogP contribution in [0.15, 0.2) is 41.2 Å². The third-order valence-corrected chi connectivity index (χ3v) is 4.68. The fourth-order valence-electron chi connectivity index (χ4n) is 3.23. The van der Waals surface area contributed by atoms with E-state index in [4.69, 9.17) is 4.52 Å². The lowest BCUT2D eigenvalue weighted by Crippen LogP contribution is -2.29. The molecule has 0 aromatic carbocycles. The first-order valence-corrected chi connectivity index (χ1v) is 8.29. The van der Waals surface area contributed by atoms with Crippen LogP contribution in [0.25, 0.3) is 11.5 Å². The van der Waals surface area contributed by atoms with Crippen molar-refractivity contribution < 1.29 is 9.32 Å². The zero-order valence-electron chi connectivity index (χ0n) is 14.2.